The molecule has 0 spiro atoms. The van der Waals surface area contributed by atoms with Crippen molar-refractivity contribution in [2.24, 2.45) is 5.73 Å². The summed E-state index contributed by atoms with van der Waals surface area (Å²) < 4.78 is 0. The summed E-state index contributed by atoms with van der Waals surface area (Å²) in [7, 11) is 0. The lowest BCUT2D eigenvalue weighted by Gasteiger charge is -2.36. The zero-order valence-corrected chi connectivity index (χ0v) is 12.5. The van der Waals surface area contributed by atoms with Crippen LogP contribution >= 0.6 is 0 Å². The molecule has 1 aliphatic heterocycles. The highest BCUT2D eigenvalue weighted by molar-refractivity contribution is 5.97. The van der Waals surface area contributed by atoms with Crippen LogP contribution in [0.5, 0.6) is 0 Å². The van der Waals surface area contributed by atoms with E-state index >= 15 is 0 Å². The molecule has 7 nitrogen and oxygen atoms in total. The van der Waals surface area contributed by atoms with Crippen LogP contribution in [0.4, 0.5) is 11.6 Å². The Morgan fingerprint density at radius 3 is 2.57 bits per heavy atom. The maximum absolute atomic E-state index is 11.5. The monoisotopic (exact) mass is 308 g/mol. The number of pyridine rings is 2. The molecular weight excluding hydrogens is 292 g/mol. The maximum atomic E-state index is 11.5. The molecule has 3 heterocycles. The third-order valence-electron chi connectivity index (χ3n) is 3.80. The summed E-state index contributed by atoms with van der Waals surface area (Å²) in [6.07, 6.45) is 1.66. The predicted molar refractivity (Wildman–Crippen MR) is 86.1 cm³/mol. The quantitative estimate of drug-likeness (QED) is 0.899. The number of nitriles is 1. The molecule has 1 aliphatic rings. The molecular formula is C16H16N6O. The number of nitrogens with two attached hydrogens (primary N) is 1. The Morgan fingerprint density at radius 1 is 1.13 bits per heavy atom. The third kappa shape index (κ3) is 3.06. The Hall–Kier alpha value is -3.14. The molecule has 2 aromatic rings. The van der Waals surface area contributed by atoms with Gasteiger partial charge < -0.3 is 15.5 Å². The maximum Gasteiger partial charge on any atom is 0.252 e. The number of primary amides is 1. The van der Waals surface area contributed by atoms with E-state index in [0.29, 0.717) is 30.2 Å². The first kappa shape index (κ1) is 14.8. The third-order valence-corrected chi connectivity index (χ3v) is 3.80. The zero-order valence-electron chi connectivity index (χ0n) is 12.5. The molecule has 0 unspecified atom stereocenters. The van der Waals surface area contributed by atoms with Crippen molar-refractivity contribution in [1.29, 1.82) is 5.26 Å². The summed E-state index contributed by atoms with van der Waals surface area (Å²) in [5.74, 6) is 0.942. The first-order chi connectivity index (χ1) is 11.2. The minimum atomic E-state index is -0.473. The van der Waals surface area contributed by atoms with E-state index in [1.54, 1.807) is 24.4 Å². The van der Waals surface area contributed by atoms with Gasteiger partial charge in [-0.2, -0.15) is 5.26 Å². The van der Waals surface area contributed by atoms with Crippen LogP contribution in [-0.4, -0.2) is 42.1 Å². The van der Waals surface area contributed by atoms with Crippen LogP contribution in [0.3, 0.4) is 0 Å². The molecule has 116 valence electrons. The molecule has 1 saturated heterocycles. The second kappa shape index (κ2) is 6.32. The number of hydrogen-bond donors (Lipinski definition) is 1. The van der Waals surface area contributed by atoms with E-state index < -0.39 is 5.91 Å². The van der Waals surface area contributed by atoms with Crippen LogP contribution in [0.1, 0.15) is 16.1 Å². The summed E-state index contributed by atoms with van der Waals surface area (Å²) >= 11 is 0. The molecule has 0 atom stereocenters. The Kier molecular flexibility index (Phi) is 4.06. The van der Waals surface area contributed by atoms with E-state index in [9.17, 15) is 4.79 Å². The molecule has 1 amide bonds. The van der Waals surface area contributed by atoms with Gasteiger partial charge in [-0.3, -0.25) is 4.79 Å². The van der Waals surface area contributed by atoms with E-state index in [1.165, 1.54) is 0 Å². The van der Waals surface area contributed by atoms with E-state index in [4.69, 9.17) is 11.0 Å². The van der Waals surface area contributed by atoms with Crippen LogP contribution < -0.4 is 15.5 Å². The molecule has 0 radical (unpaired) electrons. The average Bonchev–Trinajstić information content (AvgIpc) is 2.62. The van der Waals surface area contributed by atoms with E-state index in [0.717, 1.165) is 18.9 Å². The largest absolute Gasteiger partial charge is 0.365 e. The van der Waals surface area contributed by atoms with Crippen molar-refractivity contribution in [3.05, 3.63) is 47.8 Å². The van der Waals surface area contributed by atoms with Gasteiger partial charge in [0.1, 0.15) is 23.4 Å². The van der Waals surface area contributed by atoms with Gasteiger partial charge >= 0.3 is 0 Å². The van der Waals surface area contributed by atoms with Gasteiger partial charge in [0.05, 0.1) is 5.56 Å². The number of aromatic nitrogens is 2. The summed E-state index contributed by atoms with van der Waals surface area (Å²) in [5, 5.41) is 8.94. The lowest BCUT2D eigenvalue weighted by atomic mass is 10.2. The van der Waals surface area contributed by atoms with Gasteiger partial charge in [-0.1, -0.05) is 6.07 Å². The predicted octanol–water partition coefficient (Wildman–Crippen LogP) is 0.774. The van der Waals surface area contributed by atoms with Gasteiger partial charge in [0.25, 0.3) is 5.91 Å². The summed E-state index contributed by atoms with van der Waals surface area (Å²) in [4.78, 5) is 24.3. The normalized spacial score (nSPS) is 14.4. The first-order valence-electron chi connectivity index (χ1n) is 7.31. The van der Waals surface area contributed by atoms with Gasteiger partial charge in [0.15, 0.2) is 0 Å². The molecule has 1 fully saturated rings. The fraction of sp³-hybridized carbons (Fsp3) is 0.250. The van der Waals surface area contributed by atoms with E-state index in [2.05, 4.69) is 20.9 Å². The van der Waals surface area contributed by atoms with Gasteiger partial charge in [0.2, 0.25) is 0 Å². The Balaban J connectivity index is 1.74. The first-order valence-corrected chi connectivity index (χ1v) is 7.31. The summed E-state index contributed by atoms with van der Waals surface area (Å²) in [5.41, 5.74) is 6.26. The second-order valence-electron chi connectivity index (χ2n) is 5.21. The fourth-order valence-electron chi connectivity index (χ4n) is 2.65. The number of hydrogen-bond acceptors (Lipinski definition) is 6. The van der Waals surface area contributed by atoms with Gasteiger partial charge in [-0.05, 0) is 24.3 Å². The highest BCUT2D eigenvalue weighted by Crippen LogP contribution is 2.20. The van der Waals surface area contributed by atoms with Gasteiger partial charge in [-0.25, -0.2) is 9.97 Å². The average molecular weight is 308 g/mol. The smallest absolute Gasteiger partial charge is 0.252 e. The highest BCUT2D eigenvalue weighted by atomic mass is 16.1. The van der Waals surface area contributed by atoms with Crippen LogP contribution in [0, 0.1) is 11.3 Å². The molecule has 23 heavy (non-hydrogen) atoms. The van der Waals surface area contributed by atoms with Crippen molar-refractivity contribution >= 4 is 17.5 Å². The molecule has 0 saturated carbocycles. The standard InChI is InChI=1S/C16H16N6O/c17-11-12-3-1-5-14(20-12)21-7-9-22(10-8-21)16-13(15(18)23)4-2-6-19-16/h1-6H,7-10H2,(H2,18,23). The molecule has 7 heteroatoms. The van der Waals surface area contributed by atoms with Gasteiger partial charge in [0, 0.05) is 32.4 Å². The number of nitrogens with zero attached hydrogens (tertiary/aromatic N) is 5. The van der Waals surface area contributed by atoms with Crippen molar-refractivity contribution < 1.29 is 4.79 Å². The number of carbonyl (C=O) groups is 1. The number of anilines is 2. The van der Waals surface area contributed by atoms with Crippen molar-refractivity contribution in [3.8, 4) is 6.07 Å². The number of rotatable bonds is 3. The van der Waals surface area contributed by atoms with Crippen molar-refractivity contribution in [2.45, 2.75) is 0 Å². The van der Waals surface area contributed by atoms with Crippen molar-refractivity contribution in [2.75, 3.05) is 36.0 Å². The SMILES string of the molecule is N#Cc1cccc(N2CCN(c3ncccc3C(N)=O)CC2)n1. The number of piperazine rings is 1. The van der Waals surface area contributed by atoms with Crippen LogP contribution in [0.2, 0.25) is 0 Å². The van der Waals surface area contributed by atoms with E-state index in [-0.39, 0.29) is 0 Å². The highest BCUT2D eigenvalue weighted by Gasteiger charge is 2.22. The van der Waals surface area contributed by atoms with Gasteiger partial charge in [-0.15, -0.1) is 0 Å². The molecule has 0 bridgehead atoms. The van der Waals surface area contributed by atoms with Crippen LogP contribution in [0.25, 0.3) is 0 Å². The molecule has 2 aromatic heterocycles. The summed E-state index contributed by atoms with van der Waals surface area (Å²) in [6.45, 7) is 2.87. The second-order valence-corrected chi connectivity index (χ2v) is 5.21. The summed E-state index contributed by atoms with van der Waals surface area (Å²) in [6, 6.07) is 10.9. The number of carbonyl (C=O) groups excluding carboxylic acids is 1. The molecule has 0 aromatic carbocycles. The molecule has 2 N–H and O–H groups in total. The Bertz CT molecular complexity index is 761. The number of amides is 1. The van der Waals surface area contributed by atoms with Crippen LogP contribution in [-0.2, 0) is 0 Å². The van der Waals surface area contributed by atoms with Crippen molar-refractivity contribution in [1.82, 2.24) is 9.97 Å². The Labute approximate surface area is 134 Å². The zero-order chi connectivity index (χ0) is 16.2. The van der Waals surface area contributed by atoms with Crippen LogP contribution in [0.15, 0.2) is 36.5 Å². The lowest BCUT2D eigenvalue weighted by molar-refractivity contribution is 0.100. The minimum absolute atomic E-state index is 0.408. The fourth-order valence-corrected chi connectivity index (χ4v) is 2.65. The minimum Gasteiger partial charge on any atom is -0.365 e. The van der Waals surface area contributed by atoms with E-state index in [1.807, 2.05) is 17.0 Å². The van der Waals surface area contributed by atoms with Crippen molar-refractivity contribution in [3.63, 3.8) is 0 Å². The lowest BCUT2D eigenvalue weighted by Crippen LogP contribution is -2.47. The molecule has 3 rings (SSSR count). The Morgan fingerprint density at radius 2 is 1.87 bits per heavy atom. The topological polar surface area (TPSA) is 99.1 Å². The molecule has 0 aliphatic carbocycles.